The van der Waals surface area contributed by atoms with E-state index in [-0.39, 0.29) is 34.7 Å². The fraction of sp³-hybridized carbons (Fsp3) is 0.400. The number of alkyl halides is 3. The zero-order chi connectivity index (χ0) is 28.9. The number of amides is 1. The Kier molecular flexibility index (Phi) is 7.00. The smallest absolute Gasteiger partial charge is 0.406 e. The summed E-state index contributed by atoms with van der Waals surface area (Å²) in [6.45, 7) is 3.74. The van der Waals surface area contributed by atoms with Crippen LogP contribution in [0.25, 0.3) is 5.65 Å². The van der Waals surface area contributed by atoms with Crippen LogP contribution in [-0.4, -0.2) is 46.2 Å². The van der Waals surface area contributed by atoms with Gasteiger partial charge in [-0.3, -0.25) is 9.20 Å². The van der Waals surface area contributed by atoms with Crippen LogP contribution in [0.1, 0.15) is 53.8 Å². The summed E-state index contributed by atoms with van der Waals surface area (Å²) in [6, 6.07) is 9.57. The summed E-state index contributed by atoms with van der Waals surface area (Å²) in [5, 5.41) is 3.44. The molecule has 1 spiro atoms. The standard InChI is InChI=1S/C30H29ClF4N4O2/c1-2-24-27(39-15-21(31)6-10-26(39)37-24)28(40)36-14-18-3-9-25(23(32)11-18)38-16-29(17-38)12-20(13-29)19-4-7-22(8-5-19)41-30(33,34)35/h4-11,15,18,20H,2-3,12-14,16-17H2,1H3,(H,36,40)/t18-/m1/s1. The van der Waals surface area contributed by atoms with Crippen molar-refractivity contribution in [2.75, 3.05) is 19.6 Å². The lowest BCUT2D eigenvalue weighted by atomic mass is 9.56. The second-order valence-corrected chi connectivity index (χ2v) is 11.7. The van der Waals surface area contributed by atoms with Gasteiger partial charge >= 0.3 is 6.36 Å². The highest BCUT2D eigenvalue weighted by molar-refractivity contribution is 6.30. The van der Waals surface area contributed by atoms with Crippen molar-refractivity contribution in [2.24, 2.45) is 11.3 Å². The zero-order valence-electron chi connectivity index (χ0n) is 22.3. The predicted octanol–water partition coefficient (Wildman–Crippen LogP) is 6.82. The summed E-state index contributed by atoms with van der Waals surface area (Å²) in [6.07, 6.45) is 3.50. The molecule has 1 saturated heterocycles. The molecule has 216 valence electrons. The maximum absolute atomic E-state index is 15.1. The van der Waals surface area contributed by atoms with Gasteiger partial charge in [-0.15, -0.1) is 13.2 Å². The Morgan fingerprint density at radius 3 is 2.56 bits per heavy atom. The molecule has 6 rings (SSSR count). The number of hydrogen-bond donors (Lipinski definition) is 1. The molecule has 1 atom stereocenters. The molecular formula is C30H29ClF4N4O2. The first-order valence-corrected chi connectivity index (χ1v) is 14.0. The number of nitrogens with one attached hydrogen (secondary N) is 1. The molecule has 0 radical (unpaired) electrons. The monoisotopic (exact) mass is 588 g/mol. The van der Waals surface area contributed by atoms with Gasteiger partial charge in [0.15, 0.2) is 0 Å². The molecule has 0 unspecified atom stereocenters. The number of imidazole rings is 1. The Morgan fingerprint density at radius 2 is 1.90 bits per heavy atom. The summed E-state index contributed by atoms with van der Waals surface area (Å²) in [5.41, 5.74) is 3.47. The van der Waals surface area contributed by atoms with E-state index >= 15 is 4.39 Å². The van der Waals surface area contributed by atoms with Gasteiger partial charge in [-0.05, 0) is 67.5 Å². The molecule has 3 heterocycles. The van der Waals surface area contributed by atoms with Crippen LogP contribution in [0, 0.1) is 11.3 Å². The normalized spacial score (nSPS) is 20.3. The van der Waals surface area contributed by atoms with Crippen molar-refractivity contribution >= 4 is 23.2 Å². The van der Waals surface area contributed by atoms with Crippen molar-refractivity contribution in [3.05, 3.63) is 88.2 Å². The minimum absolute atomic E-state index is 0.117. The molecule has 1 saturated carbocycles. The molecule has 1 aromatic carbocycles. The molecule has 1 N–H and O–H groups in total. The molecule has 0 bridgehead atoms. The number of fused-ring (bicyclic) bond motifs is 1. The van der Waals surface area contributed by atoms with Gasteiger partial charge in [0, 0.05) is 37.2 Å². The van der Waals surface area contributed by atoms with Gasteiger partial charge in [0.05, 0.1) is 16.4 Å². The quantitative estimate of drug-likeness (QED) is 0.308. The van der Waals surface area contributed by atoms with Crippen molar-refractivity contribution < 1.29 is 27.1 Å². The lowest BCUT2D eigenvalue weighted by Crippen LogP contribution is -2.61. The number of carbonyl (C=O) groups is 1. The van der Waals surface area contributed by atoms with E-state index in [0.29, 0.717) is 47.1 Å². The Morgan fingerprint density at radius 1 is 1.17 bits per heavy atom. The Bertz CT molecular complexity index is 1530. The summed E-state index contributed by atoms with van der Waals surface area (Å²) < 4.78 is 57.9. The Balaban J connectivity index is 1.000. The summed E-state index contributed by atoms with van der Waals surface area (Å²) in [7, 11) is 0. The first-order chi connectivity index (χ1) is 19.5. The van der Waals surface area contributed by atoms with Crippen molar-refractivity contribution in [1.29, 1.82) is 0 Å². The molecule has 2 fully saturated rings. The predicted molar refractivity (Wildman–Crippen MR) is 146 cm³/mol. The average Bonchev–Trinajstić information content (AvgIpc) is 3.24. The first-order valence-electron chi connectivity index (χ1n) is 13.7. The number of ether oxygens (including phenoxy) is 1. The van der Waals surface area contributed by atoms with Gasteiger partial charge in [-0.2, -0.15) is 0 Å². The van der Waals surface area contributed by atoms with Gasteiger partial charge in [0.2, 0.25) is 0 Å². The van der Waals surface area contributed by atoms with E-state index in [1.807, 2.05) is 17.9 Å². The van der Waals surface area contributed by atoms with Crippen LogP contribution >= 0.6 is 11.6 Å². The van der Waals surface area contributed by atoms with Crippen molar-refractivity contribution in [1.82, 2.24) is 19.6 Å². The fourth-order valence-corrected chi connectivity index (χ4v) is 6.52. The van der Waals surface area contributed by atoms with E-state index in [1.165, 1.54) is 12.1 Å². The maximum Gasteiger partial charge on any atom is 0.573 e. The largest absolute Gasteiger partial charge is 0.573 e. The molecule has 2 aliphatic carbocycles. The molecule has 11 heteroatoms. The van der Waals surface area contributed by atoms with Crippen LogP contribution in [-0.2, 0) is 6.42 Å². The average molecular weight is 589 g/mol. The van der Waals surface area contributed by atoms with Gasteiger partial charge in [-0.25, -0.2) is 9.37 Å². The van der Waals surface area contributed by atoms with Crippen molar-refractivity contribution in [3.8, 4) is 5.75 Å². The van der Waals surface area contributed by atoms with Crippen molar-refractivity contribution in [3.63, 3.8) is 0 Å². The van der Waals surface area contributed by atoms with Crippen LogP contribution < -0.4 is 10.1 Å². The number of halogens is 5. The molecule has 41 heavy (non-hydrogen) atoms. The van der Waals surface area contributed by atoms with Gasteiger partial charge in [0.25, 0.3) is 5.91 Å². The minimum Gasteiger partial charge on any atom is -0.406 e. The van der Waals surface area contributed by atoms with E-state index in [4.69, 9.17) is 11.6 Å². The summed E-state index contributed by atoms with van der Waals surface area (Å²) in [4.78, 5) is 19.6. The van der Waals surface area contributed by atoms with Gasteiger partial charge < -0.3 is 15.0 Å². The van der Waals surface area contributed by atoms with Crippen LogP contribution in [0.3, 0.4) is 0 Å². The Hall–Kier alpha value is -3.53. The third-order valence-corrected chi connectivity index (χ3v) is 8.53. The van der Waals surface area contributed by atoms with Crippen LogP contribution in [0.2, 0.25) is 5.02 Å². The number of carbonyl (C=O) groups excluding carboxylic acids is 1. The number of pyridine rings is 1. The maximum atomic E-state index is 15.1. The molecule has 1 aliphatic heterocycles. The molecular weight excluding hydrogens is 560 g/mol. The summed E-state index contributed by atoms with van der Waals surface area (Å²) >= 11 is 6.13. The van der Waals surface area contributed by atoms with E-state index in [0.717, 1.165) is 31.5 Å². The number of benzene rings is 1. The van der Waals surface area contributed by atoms with E-state index in [2.05, 4.69) is 15.0 Å². The SMILES string of the molecule is CCc1nc2ccc(Cl)cn2c1C(=O)NC[C@H]1C=C(F)C(N2CC3(CC(c4ccc(OC(F)(F)F)cc4)C3)C2)=CC1. The van der Waals surface area contributed by atoms with E-state index in [9.17, 15) is 18.0 Å². The number of rotatable bonds is 7. The summed E-state index contributed by atoms with van der Waals surface area (Å²) in [5.74, 6) is -0.657. The molecule has 3 aromatic rings. The third-order valence-electron chi connectivity index (χ3n) is 8.31. The lowest BCUT2D eigenvalue weighted by Gasteiger charge is -2.60. The van der Waals surface area contributed by atoms with Crippen LogP contribution in [0.15, 0.2) is 66.3 Å². The van der Waals surface area contributed by atoms with Crippen LogP contribution in [0.5, 0.6) is 5.75 Å². The van der Waals surface area contributed by atoms with E-state index < -0.39 is 6.36 Å². The van der Waals surface area contributed by atoms with Crippen molar-refractivity contribution in [2.45, 2.75) is 44.9 Å². The number of likely N-dealkylation sites (tertiary alicyclic amines) is 1. The highest BCUT2D eigenvalue weighted by Gasteiger charge is 2.53. The minimum atomic E-state index is -4.70. The van der Waals surface area contributed by atoms with E-state index in [1.54, 1.807) is 40.9 Å². The lowest BCUT2D eigenvalue weighted by molar-refractivity contribution is -0.274. The molecule has 1 amide bonds. The topological polar surface area (TPSA) is 58.9 Å². The van der Waals surface area contributed by atoms with Crippen LogP contribution in [0.4, 0.5) is 17.6 Å². The number of nitrogens with zero attached hydrogens (tertiary/aromatic N) is 3. The molecule has 3 aliphatic rings. The third kappa shape index (κ3) is 5.54. The zero-order valence-corrected chi connectivity index (χ0v) is 23.1. The number of allylic oxidation sites excluding steroid dienone is 2. The highest BCUT2D eigenvalue weighted by Crippen LogP contribution is 2.57. The molecule has 2 aromatic heterocycles. The second kappa shape index (κ2) is 10.4. The second-order valence-electron chi connectivity index (χ2n) is 11.2. The highest BCUT2D eigenvalue weighted by atomic mass is 35.5. The van der Waals surface area contributed by atoms with Gasteiger partial charge in [-0.1, -0.05) is 36.7 Å². The Labute approximate surface area is 239 Å². The number of hydrogen-bond acceptors (Lipinski definition) is 4. The molecule has 6 nitrogen and oxygen atoms in total. The van der Waals surface area contributed by atoms with Gasteiger partial charge in [0.1, 0.15) is 22.9 Å². The first kappa shape index (κ1) is 27.6. The fourth-order valence-electron chi connectivity index (χ4n) is 6.36. The number of aryl methyl sites for hydroxylation is 1. The number of aromatic nitrogens is 2.